The Labute approximate surface area is 183 Å². The van der Waals surface area contributed by atoms with Crippen LogP contribution in [0.25, 0.3) is 0 Å². The number of rotatable bonds is 10. The summed E-state index contributed by atoms with van der Waals surface area (Å²) in [6.07, 6.45) is 1.37. The van der Waals surface area contributed by atoms with Gasteiger partial charge in [0.2, 0.25) is 5.91 Å². The molecule has 0 aliphatic carbocycles. The van der Waals surface area contributed by atoms with Crippen LogP contribution in [0.4, 0.5) is 5.69 Å². The van der Waals surface area contributed by atoms with E-state index in [1.807, 2.05) is 59.0 Å². The minimum atomic E-state index is -0.447. The van der Waals surface area contributed by atoms with Crippen LogP contribution < -0.4 is 5.32 Å². The number of hydrogen-bond acceptors (Lipinski definition) is 5. The summed E-state index contributed by atoms with van der Waals surface area (Å²) in [4.78, 5) is 38.5. The normalized spacial score (nSPS) is 10.6. The Morgan fingerprint density at radius 3 is 2.48 bits per heavy atom. The highest BCUT2D eigenvalue weighted by atomic mass is 16.5. The van der Waals surface area contributed by atoms with Gasteiger partial charge in [0, 0.05) is 31.4 Å². The molecule has 8 heteroatoms. The minimum absolute atomic E-state index is 0.0906. The Morgan fingerprint density at radius 2 is 1.87 bits per heavy atom. The van der Waals surface area contributed by atoms with Crippen LogP contribution in [-0.4, -0.2) is 52.2 Å². The molecular weight excluding hydrogens is 396 g/mol. The van der Waals surface area contributed by atoms with Gasteiger partial charge in [-0.2, -0.15) is 5.10 Å². The van der Waals surface area contributed by atoms with Crippen LogP contribution in [0.1, 0.15) is 42.3 Å². The zero-order valence-electron chi connectivity index (χ0n) is 19.0. The lowest BCUT2D eigenvalue weighted by atomic mass is 10.1. The Morgan fingerprint density at radius 1 is 1.16 bits per heavy atom. The van der Waals surface area contributed by atoms with Gasteiger partial charge in [0.1, 0.15) is 0 Å². The van der Waals surface area contributed by atoms with Gasteiger partial charge in [0.15, 0.2) is 6.61 Å². The molecule has 0 spiro atoms. The quantitative estimate of drug-likeness (QED) is 0.587. The van der Waals surface area contributed by atoms with Crippen molar-refractivity contribution in [1.29, 1.82) is 0 Å². The molecule has 1 aromatic carbocycles. The largest absolute Gasteiger partial charge is 0.456 e. The topological polar surface area (TPSA) is 93.5 Å². The minimum Gasteiger partial charge on any atom is -0.456 e. The molecule has 0 saturated heterocycles. The van der Waals surface area contributed by atoms with Crippen molar-refractivity contribution >= 4 is 23.5 Å². The number of aryl methyl sites for hydroxylation is 3. The summed E-state index contributed by atoms with van der Waals surface area (Å²) in [5.41, 5.74) is 4.57. The molecule has 0 bridgehead atoms. The SMILES string of the molecule is CCCN(CC(=O)Nc1ccccc1C)C(=O)COC(=O)CCc1c(C)nn(C)c1C. The second-order valence-corrected chi connectivity index (χ2v) is 7.61. The van der Waals surface area contributed by atoms with E-state index in [1.54, 1.807) is 4.68 Å². The lowest BCUT2D eigenvalue weighted by Crippen LogP contribution is -2.40. The Kier molecular flexibility index (Phi) is 8.78. The smallest absolute Gasteiger partial charge is 0.306 e. The van der Waals surface area contributed by atoms with Crippen LogP contribution >= 0.6 is 0 Å². The molecular formula is C23H32N4O4. The number of para-hydroxylation sites is 1. The number of anilines is 1. The third kappa shape index (κ3) is 6.94. The summed E-state index contributed by atoms with van der Waals surface area (Å²) < 4.78 is 6.95. The summed E-state index contributed by atoms with van der Waals surface area (Å²) in [6, 6.07) is 7.44. The zero-order chi connectivity index (χ0) is 23.0. The van der Waals surface area contributed by atoms with E-state index in [2.05, 4.69) is 10.4 Å². The number of nitrogens with zero attached hydrogens (tertiary/aromatic N) is 3. The van der Waals surface area contributed by atoms with E-state index in [1.165, 1.54) is 4.90 Å². The van der Waals surface area contributed by atoms with Gasteiger partial charge in [-0.05, 0) is 50.8 Å². The summed E-state index contributed by atoms with van der Waals surface area (Å²) in [5.74, 6) is -1.12. The van der Waals surface area contributed by atoms with E-state index < -0.39 is 5.97 Å². The Hall–Kier alpha value is -3.16. The maximum Gasteiger partial charge on any atom is 0.306 e. The maximum absolute atomic E-state index is 12.5. The van der Waals surface area contributed by atoms with Crippen molar-refractivity contribution in [2.75, 3.05) is 25.0 Å². The lowest BCUT2D eigenvalue weighted by molar-refractivity contribution is -0.152. The first-order valence-electron chi connectivity index (χ1n) is 10.5. The van der Waals surface area contributed by atoms with Crippen LogP contribution in [0.2, 0.25) is 0 Å². The fourth-order valence-corrected chi connectivity index (χ4v) is 3.35. The summed E-state index contributed by atoms with van der Waals surface area (Å²) in [7, 11) is 1.86. The van der Waals surface area contributed by atoms with Crippen molar-refractivity contribution < 1.29 is 19.1 Å². The fraction of sp³-hybridized carbons (Fsp3) is 0.478. The van der Waals surface area contributed by atoms with E-state index in [-0.39, 0.29) is 31.4 Å². The Bertz CT molecular complexity index is 936. The van der Waals surface area contributed by atoms with Crippen molar-refractivity contribution in [2.24, 2.45) is 7.05 Å². The molecule has 0 aliphatic rings. The highest BCUT2D eigenvalue weighted by Gasteiger charge is 2.19. The third-order valence-corrected chi connectivity index (χ3v) is 5.19. The van der Waals surface area contributed by atoms with Gasteiger partial charge in [-0.3, -0.25) is 19.1 Å². The number of benzene rings is 1. The van der Waals surface area contributed by atoms with Crippen molar-refractivity contribution in [2.45, 2.75) is 47.0 Å². The molecule has 0 saturated carbocycles. The number of amides is 2. The molecule has 0 atom stereocenters. The molecule has 31 heavy (non-hydrogen) atoms. The number of nitrogens with one attached hydrogen (secondary N) is 1. The van der Waals surface area contributed by atoms with Crippen LogP contribution in [0.15, 0.2) is 24.3 Å². The predicted molar refractivity (Wildman–Crippen MR) is 119 cm³/mol. The molecule has 1 N–H and O–H groups in total. The molecule has 168 valence electrons. The molecule has 0 aliphatic heterocycles. The number of ether oxygens (including phenoxy) is 1. The molecule has 1 heterocycles. The molecule has 8 nitrogen and oxygen atoms in total. The molecule has 1 aromatic heterocycles. The van der Waals surface area contributed by atoms with Crippen LogP contribution in [0.3, 0.4) is 0 Å². The first-order valence-corrected chi connectivity index (χ1v) is 10.5. The van der Waals surface area contributed by atoms with E-state index in [4.69, 9.17) is 4.74 Å². The van der Waals surface area contributed by atoms with Crippen molar-refractivity contribution in [1.82, 2.24) is 14.7 Å². The van der Waals surface area contributed by atoms with Gasteiger partial charge in [0.05, 0.1) is 12.2 Å². The molecule has 2 amide bonds. The zero-order valence-corrected chi connectivity index (χ0v) is 19.0. The van der Waals surface area contributed by atoms with Gasteiger partial charge >= 0.3 is 5.97 Å². The standard InChI is InChI=1S/C23H32N4O4/c1-6-13-27(14-21(28)24-20-10-8-7-9-16(20)2)22(29)15-31-23(30)12-11-19-17(3)25-26(5)18(19)4/h7-10H,6,11-15H2,1-5H3,(H,24,28). The van der Waals surface area contributed by atoms with E-state index >= 15 is 0 Å². The van der Waals surface area contributed by atoms with Gasteiger partial charge in [-0.25, -0.2) is 0 Å². The third-order valence-electron chi connectivity index (χ3n) is 5.19. The van der Waals surface area contributed by atoms with Crippen LogP contribution in [0.5, 0.6) is 0 Å². The molecule has 0 radical (unpaired) electrons. The van der Waals surface area contributed by atoms with Crippen molar-refractivity contribution in [3.63, 3.8) is 0 Å². The molecule has 2 aromatic rings. The predicted octanol–water partition coefficient (Wildman–Crippen LogP) is 2.70. The average Bonchev–Trinajstić information content (AvgIpc) is 2.97. The first kappa shape index (κ1) is 24.1. The van der Waals surface area contributed by atoms with Crippen LogP contribution in [0, 0.1) is 20.8 Å². The van der Waals surface area contributed by atoms with Gasteiger partial charge in [0.25, 0.3) is 5.91 Å². The number of aromatic nitrogens is 2. The molecule has 2 rings (SSSR count). The van der Waals surface area contributed by atoms with Gasteiger partial charge in [-0.15, -0.1) is 0 Å². The number of carbonyl (C=O) groups excluding carboxylic acids is 3. The molecule has 0 unspecified atom stereocenters. The van der Waals surface area contributed by atoms with E-state index in [9.17, 15) is 14.4 Å². The van der Waals surface area contributed by atoms with E-state index in [0.29, 0.717) is 25.1 Å². The molecule has 0 fully saturated rings. The Balaban J connectivity index is 1.84. The first-order chi connectivity index (χ1) is 14.7. The van der Waals surface area contributed by atoms with Crippen LogP contribution in [-0.2, 0) is 32.6 Å². The highest BCUT2D eigenvalue weighted by molar-refractivity contribution is 5.95. The van der Waals surface area contributed by atoms with Crippen molar-refractivity contribution in [3.05, 3.63) is 46.8 Å². The number of carbonyl (C=O) groups is 3. The van der Waals surface area contributed by atoms with Gasteiger partial charge < -0.3 is 15.0 Å². The van der Waals surface area contributed by atoms with Crippen molar-refractivity contribution in [3.8, 4) is 0 Å². The monoisotopic (exact) mass is 428 g/mol. The summed E-state index contributed by atoms with van der Waals surface area (Å²) in [5, 5.41) is 7.16. The van der Waals surface area contributed by atoms with Gasteiger partial charge in [-0.1, -0.05) is 25.1 Å². The number of hydrogen-bond donors (Lipinski definition) is 1. The maximum atomic E-state index is 12.5. The van der Waals surface area contributed by atoms with E-state index in [0.717, 1.165) is 22.5 Å². The lowest BCUT2D eigenvalue weighted by Gasteiger charge is -2.21. The average molecular weight is 429 g/mol. The fourth-order valence-electron chi connectivity index (χ4n) is 3.35. The summed E-state index contributed by atoms with van der Waals surface area (Å²) >= 11 is 0. The second kappa shape index (κ2) is 11.3. The number of esters is 1. The highest BCUT2D eigenvalue weighted by Crippen LogP contribution is 2.15. The second-order valence-electron chi connectivity index (χ2n) is 7.61. The summed E-state index contributed by atoms with van der Waals surface area (Å²) in [6.45, 7) is 7.62.